The van der Waals surface area contributed by atoms with E-state index in [0.717, 1.165) is 11.1 Å². The second-order valence-corrected chi connectivity index (χ2v) is 11.2. The number of amidine groups is 1. The molecule has 2 aromatic rings. The average molecular weight is 465 g/mol. The van der Waals surface area contributed by atoms with E-state index in [4.69, 9.17) is 16.3 Å². The monoisotopic (exact) mass is 464 g/mol. The van der Waals surface area contributed by atoms with Crippen molar-refractivity contribution in [3.05, 3.63) is 58.6 Å². The van der Waals surface area contributed by atoms with Crippen LogP contribution in [0.1, 0.15) is 11.1 Å². The number of aryl methyl sites for hydroxylation is 1. The SMILES string of the molecule is COc1ccc(N2C(=NC(=O)Cc3ccc(C)cc3)S[C@H]3CS(=O)(=O)C[C@H]32)cc1Cl. The van der Waals surface area contributed by atoms with Gasteiger partial charge in [0.05, 0.1) is 36.1 Å². The summed E-state index contributed by atoms with van der Waals surface area (Å²) in [4.78, 5) is 18.8. The first kappa shape index (κ1) is 21.2. The van der Waals surface area contributed by atoms with Gasteiger partial charge in [0.2, 0.25) is 0 Å². The van der Waals surface area contributed by atoms with Gasteiger partial charge in [0.15, 0.2) is 15.0 Å². The predicted molar refractivity (Wildman–Crippen MR) is 122 cm³/mol. The molecule has 4 rings (SSSR count). The summed E-state index contributed by atoms with van der Waals surface area (Å²) in [5, 5.41) is 0.759. The summed E-state index contributed by atoms with van der Waals surface area (Å²) in [5.41, 5.74) is 2.71. The molecule has 2 aliphatic rings. The maximum absolute atomic E-state index is 12.7. The Balaban J connectivity index is 1.65. The number of benzene rings is 2. The Morgan fingerprint density at radius 3 is 2.63 bits per heavy atom. The molecule has 0 radical (unpaired) electrons. The fourth-order valence-corrected chi connectivity index (χ4v) is 7.88. The van der Waals surface area contributed by atoms with E-state index >= 15 is 0 Å². The molecule has 2 saturated heterocycles. The molecule has 30 heavy (non-hydrogen) atoms. The maximum Gasteiger partial charge on any atom is 0.252 e. The van der Waals surface area contributed by atoms with Crippen molar-refractivity contribution in [2.45, 2.75) is 24.6 Å². The average Bonchev–Trinajstić information content (AvgIpc) is 3.14. The molecule has 2 fully saturated rings. The van der Waals surface area contributed by atoms with Crippen molar-refractivity contribution in [3.63, 3.8) is 0 Å². The first-order valence-corrected chi connectivity index (χ1v) is 12.5. The number of methoxy groups -OCH3 is 1. The fourth-order valence-electron chi connectivity index (χ4n) is 3.70. The number of rotatable bonds is 4. The minimum atomic E-state index is -3.13. The van der Waals surface area contributed by atoms with Gasteiger partial charge in [-0.25, -0.2) is 8.42 Å². The lowest BCUT2D eigenvalue weighted by molar-refractivity contribution is -0.117. The fraction of sp³-hybridized carbons (Fsp3) is 0.333. The van der Waals surface area contributed by atoms with Gasteiger partial charge in [-0.3, -0.25) is 4.79 Å². The first-order chi connectivity index (χ1) is 14.3. The van der Waals surface area contributed by atoms with Crippen LogP contribution in [0.3, 0.4) is 0 Å². The van der Waals surface area contributed by atoms with Gasteiger partial charge in [-0.2, -0.15) is 4.99 Å². The summed E-state index contributed by atoms with van der Waals surface area (Å²) in [6, 6.07) is 12.7. The van der Waals surface area contributed by atoms with Crippen molar-refractivity contribution in [1.82, 2.24) is 0 Å². The van der Waals surface area contributed by atoms with Crippen molar-refractivity contribution in [3.8, 4) is 5.75 Å². The number of carbonyl (C=O) groups is 1. The van der Waals surface area contributed by atoms with Crippen LogP contribution in [-0.2, 0) is 21.1 Å². The van der Waals surface area contributed by atoms with Crippen molar-refractivity contribution in [2.24, 2.45) is 4.99 Å². The minimum absolute atomic E-state index is 0.0273. The second-order valence-electron chi connectivity index (χ2n) is 7.44. The molecular formula is C21H21ClN2O4S2. The number of carbonyl (C=O) groups excluding carboxylic acids is 1. The Hall–Kier alpha value is -2.03. The molecule has 2 aromatic carbocycles. The molecule has 0 unspecified atom stereocenters. The third kappa shape index (κ3) is 4.36. The molecule has 2 aliphatic heterocycles. The van der Waals surface area contributed by atoms with Crippen LogP contribution in [0.4, 0.5) is 5.69 Å². The molecule has 2 atom stereocenters. The number of fused-ring (bicyclic) bond motifs is 1. The van der Waals surface area contributed by atoms with Crippen LogP contribution in [-0.4, -0.2) is 49.4 Å². The predicted octanol–water partition coefficient (Wildman–Crippen LogP) is 3.50. The zero-order chi connectivity index (χ0) is 21.5. The molecular weight excluding hydrogens is 444 g/mol. The lowest BCUT2D eigenvalue weighted by atomic mass is 10.1. The normalized spacial score (nSPS) is 23.6. The summed E-state index contributed by atoms with van der Waals surface area (Å²) < 4.78 is 29.6. The van der Waals surface area contributed by atoms with E-state index in [1.54, 1.807) is 18.2 Å². The van der Waals surface area contributed by atoms with E-state index < -0.39 is 9.84 Å². The molecule has 158 valence electrons. The van der Waals surface area contributed by atoms with Crippen LogP contribution in [0.2, 0.25) is 5.02 Å². The number of halogens is 1. The molecule has 2 heterocycles. The number of anilines is 1. The van der Waals surface area contributed by atoms with Gasteiger partial charge in [0.25, 0.3) is 5.91 Å². The van der Waals surface area contributed by atoms with Crippen molar-refractivity contribution in [1.29, 1.82) is 0 Å². The third-order valence-electron chi connectivity index (χ3n) is 5.18. The molecule has 1 amide bonds. The molecule has 0 saturated carbocycles. The van der Waals surface area contributed by atoms with Crippen molar-refractivity contribution < 1.29 is 17.9 Å². The van der Waals surface area contributed by atoms with Crippen LogP contribution in [0.15, 0.2) is 47.5 Å². The highest BCUT2D eigenvalue weighted by molar-refractivity contribution is 8.16. The van der Waals surface area contributed by atoms with E-state index in [-0.39, 0.29) is 35.1 Å². The Labute approximate surface area is 185 Å². The van der Waals surface area contributed by atoms with Gasteiger partial charge < -0.3 is 9.64 Å². The van der Waals surface area contributed by atoms with Crippen LogP contribution in [0.5, 0.6) is 5.75 Å². The summed E-state index contributed by atoms with van der Waals surface area (Å²) in [6.45, 7) is 1.99. The highest BCUT2D eigenvalue weighted by atomic mass is 35.5. The topological polar surface area (TPSA) is 76.0 Å². The smallest absolute Gasteiger partial charge is 0.252 e. The quantitative estimate of drug-likeness (QED) is 0.689. The zero-order valence-corrected chi connectivity index (χ0v) is 18.9. The Morgan fingerprint density at radius 1 is 1.23 bits per heavy atom. The largest absolute Gasteiger partial charge is 0.495 e. The highest BCUT2D eigenvalue weighted by Gasteiger charge is 2.49. The maximum atomic E-state index is 12.7. The Morgan fingerprint density at radius 2 is 1.97 bits per heavy atom. The minimum Gasteiger partial charge on any atom is -0.495 e. The number of sulfone groups is 1. The van der Waals surface area contributed by atoms with Gasteiger partial charge in [-0.1, -0.05) is 53.2 Å². The number of hydrogen-bond donors (Lipinski definition) is 0. The number of thioether (sulfide) groups is 1. The lowest BCUT2D eigenvalue weighted by Crippen LogP contribution is -2.37. The van der Waals surface area contributed by atoms with E-state index in [1.807, 2.05) is 36.1 Å². The van der Waals surface area contributed by atoms with Crippen molar-refractivity contribution >= 4 is 50.0 Å². The van der Waals surface area contributed by atoms with Gasteiger partial charge in [0, 0.05) is 10.9 Å². The number of aliphatic imine (C=N–C) groups is 1. The van der Waals surface area contributed by atoms with Gasteiger partial charge in [-0.05, 0) is 30.7 Å². The standard InChI is InChI=1S/C21H21ClN2O4S2/c1-13-3-5-14(6-4-13)9-20(25)23-21-24(15-7-8-18(28-2)16(22)10-15)17-11-30(26,27)12-19(17)29-21/h3-8,10,17,19H,9,11-12H2,1-2H3/t17-,19+/m1/s1. The van der Waals surface area contributed by atoms with E-state index in [2.05, 4.69) is 4.99 Å². The van der Waals surface area contributed by atoms with Crippen LogP contribution in [0.25, 0.3) is 0 Å². The van der Waals surface area contributed by atoms with Crippen LogP contribution >= 0.6 is 23.4 Å². The summed E-state index contributed by atoms with van der Waals surface area (Å²) in [7, 11) is -1.60. The van der Waals surface area contributed by atoms with Crippen molar-refractivity contribution in [2.75, 3.05) is 23.5 Å². The zero-order valence-electron chi connectivity index (χ0n) is 16.5. The van der Waals surface area contributed by atoms with Crippen LogP contribution < -0.4 is 9.64 Å². The summed E-state index contributed by atoms with van der Waals surface area (Å²) >= 11 is 7.64. The van der Waals surface area contributed by atoms with Gasteiger partial charge in [0.1, 0.15) is 5.75 Å². The highest BCUT2D eigenvalue weighted by Crippen LogP contribution is 2.42. The third-order valence-corrected chi connectivity index (χ3v) is 8.68. The number of hydrogen-bond acceptors (Lipinski definition) is 5. The molecule has 6 nitrogen and oxygen atoms in total. The van der Waals surface area contributed by atoms with E-state index in [0.29, 0.717) is 21.6 Å². The Kier molecular flexibility index (Phi) is 5.83. The number of nitrogens with zero attached hydrogens (tertiary/aromatic N) is 2. The summed E-state index contributed by atoms with van der Waals surface area (Å²) in [6.07, 6.45) is 0.190. The second kappa shape index (κ2) is 8.24. The first-order valence-electron chi connectivity index (χ1n) is 9.42. The molecule has 0 bridgehead atoms. The molecule has 0 aliphatic carbocycles. The molecule has 9 heteroatoms. The molecule has 0 spiro atoms. The molecule has 0 aromatic heterocycles. The van der Waals surface area contributed by atoms with Gasteiger partial charge in [-0.15, -0.1) is 0 Å². The summed E-state index contributed by atoms with van der Waals surface area (Å²) in [5.74, 6) is 0.360. The number of amides is 1. The number of ether oxygens (including phenoxy) is 1. The van der Waals surface area contributed by atoms with Crippen LogP contribution in [0, 0.1) is 6.92 Å². The Bertz CT molecular complexity index is 1120. The van der Waals surface area contributed by atoms with E-state index in [9.17, 15) is 13.2 Å². The lowest BCUT2D eigenvalue weighted by Gasteiger charge is -2.25. The van der Waals surface area contributed by atoms with E-state index in [1.165, 1.54) is 18.9 Å². The molecule has 0 N–H and O–H groups in total. The van der Waals surface area contributed by atoms with Gasteiger partial charge >= 0.3 is 0 Å².